The van der Waals surface area contributed by atoms with Gasteiger partial charge in [-0.25, -0.2) is 15.0 Å². The first kappa shape index (κ1) is 22.8. The summed E-state index contributed by atoms with van der Waals surface area (Å²) in [5, 5.41) is 1.51. The number of pyridine rings is 1. The average molecular weight is 499 g/mol. The van der Waals surface area contributed by atoms with E-state index in [0.717, 1.165) is 58.6 Å². The molecule has 0 amide bonds. The average Bonchev–Trinajstić information content (AvgIpc) is 3.21. The van der Waals surface area contributed by atoms with Gasteiger partial charge in [0.2, 0.25) is 5.88 Å². The van der Waals surface area contributed by atoms with Crippen molar-refractivity contribution in [3.8, 4) is 22.9 Å². The van der Waals surface area contributed by atoms with Crippen molar-refractivity contribution in [2.24, 2.45) is 5.92 Å². The Morgan fingerprint density at radius 1 is 1.08 bits per heavy atom. The Morgan fingerprint density at radius 3 is 2.67 bits per heavy atom. The third-order valence-electron chi connectivity index (χ3n) is 6.81. The predicted molar refractivity (Wildman–Crippen MR) is 144 cm³/mol. The summed E-state index contributed by atoms with van der Waals surface area (Å²) in [6.45, 7) is 1.09. The second kappa shape index (κ2) is 9.08. The van der Waals surface area contributed by atoms with Gasteiger partial charge >= 0.3 is 0 Å². The van der Waals surface area contributed by atoms with Crippen LogP contribution in [0, 0.1) is 5.92 Å². The van der Waals surface area contributed by atoms with E-state index in [0.29, 0.717) is 28.6 Å². The standard InChI is InChI=1S/C28H27ClN6O/c1-34(2)16-17-12-19(13-17)28-33-25(26-27(30)31-10-11-35(26)28)21-15-23-18(14-22(21)29)8-9-24(32-23)36-20-6-4-3-5-7-20/h3-11,14-15,17,19H,12-13,16H2,1-2H3,(H2,30,31). The molecule has 0 atom stereocenters. The maximum Gasteiger partial charge on any atom is 0.219 e. The van der Waals surface area contributed by atoms with Crippen LogP contribution in [0.2, 0.25) is 5.02 Å². The highest BCUT2D eigenvalue weighted by atomic mass is 35.5. The summed E-state index contributed by atoms with van der Waals surface area (Å²) in [6.07, 6.45) is 5.87. The number of imidazole rings is 1. The fourth-order valence-electron chi connectivity index (χ4n) is 5.15. The maximum atomic E-state index is 6.80. The molecule has 2 N–H and O–H groups in total. The van der Waals surface area contributed by atoms with Crippen molar-refractivity contribution in [2.45, 2.75) is 18.8 Å². The number of rotatable bonds is 6. The number of fused-ring (bicyclic) bond motifs is 2. The van der Waals surface area contributed by atoms with Gasteiger partial charge < -0.3 is 15.4 Å². The smallest absolute Gasteiger partial charge is 0.219 e. The van der Waals surface area contributed by atoms with E-state index in [9.17, 15) is 0 Å². The molecule has 0 aliphatic heterocycles. The second-order valence-electron chi connectivity index (χ2n) is 9.74. The first-order valence-corrected chi connectivity index (χ1v) is 12.4. The number of nitrogens with zero attached hydrogens (tertiary/aromatic N) is 5. The van der Waals surface area contributed by atoms with Crippen LogP contribution in [0.15, 0.2) is 67.0 Å². The van der Waals surface area contributed by atoms with Crippen molar-refractivity contribution in [2.75, 3.05) is 26.4 Å². The number of ether oxygens (including phenoxy) is 1. The molecule has 7 nitrogen and oxygen atoms in total. The van der Waals surface area contributed by atoms with Crippen molar-refractivity contribution in [1.29, 1.82) is 0 Å². The van der Waals surface area contributed by atoms with Gasteiger partial charge in [0.15, 0.2) is 0 Å². The molecule has 0 saturated heterocycles. The van der Waals surface area contributed by atoms with E-state index in [1.807, 2.05) is 60.8 Å². The number of nitrogen functional groups attached to an aromatic ring is 1. The summed E-state index contributed by atoms with van der Waals surface area (Å²) in [4.78, 5) is 16.4. The van der Waals surface area contributed by atoms with Gasteiger partial charge in [0, 0.05) is 41.9 Å². The topological polar surface area (TPSA) is 81.6 Å². The highest BCUT2D eigenvalue weighted by molar-refractivity contribution is 6.34. The predicted octanol–water partition coefficient (Wildman–Crippen LogP) is 6.03. The Kier molecular flexibility index (Phi) is 5.74. The number of para-hydroxylation sites is 1. The third kappa shape index (κ3) is 4.14. The van der Waals surface area contributed by atoms with Crippen LogP contribution in [0.3, 0.4) is 0 Å². The lowest BCUT2D eigenvalue weighted by atomic mass is 9.74. The molecule has 1 fully saturated rings. The minimum atomic E-state index is 0.376. The first-order chi connectivity index (χ1) is 17.5. The Bertz CT molecular complexity index is 1560. The van der Waals surface area contributed by atoms with Crippen molar-refractivity contribution in [1.82, 2.24) is 24.3 Å². The van der Waals surface area contributed by atoms with E-state index in [4.69, 9.17) is 32.0 Å². The molecule has 1 saturated carbocycles. The summed E-state index contributed by atoms with van der Waals surface area (Å²) in [5.74, 6) is 3.74. The number of benzene rings is 2. The fourth-order valence-corrected chi connectivity index (χ4v) is 5.41. The van der Waals surface area contributed by atoms with Crippen LogP contribution in [0.25, 0.3) is 27.7 Å². The number of anilines is 1. The molecular formula is C28H27ClN6O. The molecule has 0 spiro atoms. The minimum absolute atomic E-state index is 0.376. The largest absolute Gasteiger partial charge is 0.439 e. The van der Waals surface area contributed by atoms with Crippen molar-refractivity contribution in [3.05, 3.63) is 77.8 Å². The van der Waals surface area contributed by atoms with Crippen LogP contribution in [0.4, 0.5) is 5.82 Å². The van der Waals surface area contributed by atoms with E-state index < -0.39 is 0 Å². The lowest BCUT2D eigenvalue weighted by Crippen LogP contribution is -2.32. The lowest BCUT2D eigenvalue weighted by molar-refractivity contribution is 0.194. The molecule has 2 aromatic carbocycles. The summed E-state index contributed by atoms with van der Waals surface area (Å²) < 4.78 is 8.03. The summed E-state index contributed by atoms with van der Waals surface area (Å²) in [5.41, 5.74) is 9.43. The van der Waals surface area contributed by atoms with E-state index in [1.54, 1.807) is 6.20 Å². The lowest BCUT2D eigenvalue weighted by Gasteiger charge is -2.36. The fraction of sp³-hybridized carbons (Fsp3) is 0.250. The van der Waals surface area contributed by atoms with Gasteiger partial charge in [-0.1, -0.05) is 29.8 Å². The van der Waals surface area contributed by atoms with Gasteiger partial charge in [-0.3, -0.25) is 4.40 Å². The highest BCUT2D eigenvalue weighted by Gasteiger charge is 2.34. The number of nitrogens with two attached hydrogens (primary N) is 1. The van der Waals surface area contributed by atoms with E-state index in [2.05, 4.69) is 28.4 Å². The summed E-state index contributed by atoms with van der Waals surface area (Å²) in [7, 11) is 4.24. The third-order valence-corrected chi connectivity index (χ3v) is 7.12. The number of aromatic nitrogens is 4. The van der Waals surface area contributed by atoms with Gasteiger partial charge in [-0.05, 0) is 63.2 Å². The molecule has 36 heavy (non-hydrogen) atoms. The monoisotopic (exact) mass is 498 g/mol. The van der Waals surface area contributed by atoms with Crippen LogP contribution < -0.4 is 10.5 Å². The molecule has 1 aliphatic rings. The molecule has 0 bridgehead atoms. The van der Waals surface area contributed by atoms with Crippen LogP contribution in [-0.4, -0.2) is 44.9 Å². The van der Waals surface area contributed by atoms with Crippen molar-refractivity contribution < 1.29 is 4.74 Å². The molecular weight excluding hydrogens is 472 g/mol. The van der Waals surface area contributed by atoms with E-state index in [1.165, 1.54) is 0 Å². The maximum absolute atomic E-state index is 6.80. The van der Waals surface area contributed by atoms with Crippen molar-refractivity contribution >= 4 is 33.8 Å². The Hall–Kier alpha value is -3.68. The molecule has 5 aromatic rings. The summed E-state index contributed by atoms with van der Waals surface area (Å²) >= 11 is 6.80. The van der Waals surface area contributed by atoms with Gasteiger partial charge in [-0.15, -0.1) is 0 Å². The van der Waals surface area contributed by atoms with Crippen LogP contribution >= 0.6 is 11.6 Å². The van der Waals surface area contributed by atoms with Crippen LogP contribution in [0.5, 0.6) is 11.6 Å². The van der Waals surface area contributed by atoms with Gasteiger partial charge in [0.05, 0.1) is 10.5 Å². The molecule has 1 aliphatic carbocycles. The van der Waals surface area contributed by atoms with E-state index >= 15 is 0 Å². The summed E-state index contributed by atoms with van der Waals surface area (Å²) in [6, 6.07) is 17.3. The van der Waals surface area contributed by atoms with Gasteiger partial charge in [0.1, 0.15) is 28.6 Å². The quantitative estimate of drug-likeness (QED) is 0.308. The van der Waals surface area contributed by atoms with E-state index in [-0.39, 0.29) is 0 Å². The second-order valence-corrected chi connectivity index (χ2v) is 10.1. The molecule has 8 heteroatoms. The highest BCUT2D eigenvalue weighted by Crippen LogP contribution is 2.44. The van der Waals surface area contributed by atoms with Gasteiger partial charge in [0.25, 0.3) is 0 Å². The Labute approximate surface area is 214 Å². The first-order valence-electron chi connectivity index (χ1n) is 12.1. The number of hydrogen-bond donors (Lipinski definition) is 1. The van der Waals surface area contributed by atoms with Crippen LogP contribution in [-0.2, 0) is 0 Å². The molecule has 0 unspecified atom stereocenters. The zero-order valence-electron chi connectivity index (χ0n) is 20.2. The number of hydrogen-bond acceptors (Lipinski definition) is 6. The molecule has 182 valence electrons. The Morgan fingerprint density at radius 2 is 1.89 bits per heavy atom. The molecule has 0 radical (unpaired) electrons. The zero-order chi connectivity index (χ0) is 24.8. The molecule has 3 aromatic heterocycles. The minimum Gasteiger partial charge on any atom is -0.439 e. The number of halogens is 1. The molecule has 3 heterocycles. The Balaban J connectivity index is 1.41. The van der Waals surface area contributed by atoms with Crippen LogP contribution in [0.1, 0.15) is 24.6 Å². The van der Waals surface area contributed by atoms with Gasteiger partial charge in [-0.2, -0.15) is 0 Å². The SMILES string of the molecule is CN(C)CC1CC(c2nc(-c3cc4nc(Oc5ccccc5)ccc4cc3Cl)c3c(N)nccn23)C1. The zero-order valence-corrected chi connectivity index (χ0v) is 21.0. The normalized spacial score (nSPS) is 17.6. The van der Waals surface area contributed by atoms with Crippen molar-refractivity contribution in [3.63, 3.8) is 0 Å². The molecule has 6 rings (SSSR count).